The highest BCUT2D eigenvalue weighted by Gasteiger charge is 2.36. The Morgan fingerprint density at radius 1 is 1.08 bits per heavy atom. The largest absolute Gasteiger partial charge is 0.472 e. The molecule has 2 aliphatic rings. The number of nitrogens with zero attached hydrogens (tertiary/aromatic N) is 5. The molecule has 0 unspecified atom stereocenters. The third-order valence-corrected chi connectivity index (χ3v) is 7.37. The Balaban J connectivity index is 1.39. The number of rotatable bonds is 8. The summed E-state index contributed by atoms with van der Waals surface area (Å²) in [5, 5.41) is 9.46. The molecule has 1 saturated carbocycles. The second-order valence-electron chi connectivity index (χ2n) is 9.63. The molecule has 0 aromatic carbocycles. The van der Waals surface area contributed by atoms with Gasteiger partial charge in [-0.1, -0.05) is 0 Å². The predicted octanol–water partition coefficient (Wildman–Crippen LogP) is 4.12. The van der Waals surface area contributed by atoms with Gasteiger partial charge in [-0.3, -0.25) is 4.68 Å². The lowest BCUT2D eigenvalue weighted by molar-refractivity contribution is -0.00461. The lowest BCUT2D eigenvalue weighted by atomic mass is 9.93. The fraction of sp³-hybridized carbons (Fsp3) is 0.577. The minimum Gasteiger partial charge on any atom is -0.472 e. The maximum absolute atomic E-state index is 14.4. The molecule has 1 saturated heterocycles. The zero-order valence-electron chi connectivity index (χ0n) is 21.4. The van der Waals surface area contributed by atoms with Gasteiger partial charge in [0.1, 0.15) is 24.1 Å². The molecule has 9 nitrogen and oxygen atoms in total. The summed E-state index contributed by atoms with van der Waals surface area (Å²) < 4.78 is 33.8. The number of aromatic nitrogens is 4. The monoisotopic (exact) mass is 498 g/mol. The minimum atomic E-state index is -0.375. The highest BCUT2D eigenvalue weighted by Crippen LogP contribution is 2.37. The fourth-order valence-corrected chi connectivity index (χ4v) is 5.34. The Kier molecular flexibility index (Phi) is 7.25. The van der Waals surface area contributed by atoms with Gasteiger partial charge in [-0.05, 0) is 51.2 Å². The van der Waals surface area contributed by atoms with Gasteiger partial charge >= 0.3 is 0 Å². The molecule has 0 spiro atoms. The maximum atomic E-state index is 14.4. The smallest absolute Gasteiger partial charge is 0.250 e. The van der Waals surface area contributed by atoms with Crippen molar-refractivity contribution in [2.45, 2.75) is 63.9 Å². The molecule has 36 heavy (non-hydrogen) atoms. The van der Waals surface area contributed by atoms with Crippen LogP contribution in [0.25, 0.3) is 10.9 Å². The average molecular weight is 499 g/mol. The van der Waals surface area contributed by atoms with Gasteiger partial charge in [0.05, 0.1) is 16.9 Å². The van der Waals surface area contributed by atoms with Crippen molar-refractivity contribution in [3.63, 3.8) is 0 Å². The molecule has 10 heteroatoms. The molecule has 1 aliphatic carbocycles. The Hall–Kier alpha value is -2.98. The van der Waals surface area contributed by atoms with Gasteiger partial charge < -0.3 is 24.4 Å². The second-order valence-corrected chi connectivity index (χ2v) is 9.63. The zero-order valence-corrected chi connectivity index (χ0v) is 21.4. The number of hydrogen-bond acceptors (Lipinski definition) is 8. The summed E-state index contributed by atoms with van der Waals surface area (Å²) in [5.74, 6) is 1.47. The van der Waals surface area contributed by atoms with Crippen LogP contribution in [0.5, 0.6) is 5.88 Å². The van der Waals surface area contributed by atoms with Crippen molar-refractivity contribution < 1.29 is 18.6 Å². The zero-order chi connectivity index (χ0) is 25.2. The van der Waals surface area contributed by atoms with Crippen LogP contribution < -0.4 is 15.0 Å². The number of fused-ring (bicyclic) bond motifs is 1. The van der Waals surface area contributed by atoms with Crippen LogP contribution in [0.4, 0.5) is 16.0 Å². The molecular formula is C26H35FN6O3. The van der Waals surface area contributed by atoms with Crippen molar-refractivity contribution in [3.8, 4) is 5.88 Å². The van der Waals surface area contributed by atoms with Crippen LogP contribution in [0.3, 0.4) is 0 Å². The van der Waals surface area contributed by atoms with Crippen molar-refractivity contribution in [2.75, 3.05) is 44.1 Å². The summed E-state index contributed by atoms with van der Waals surface area (Å²) in [6.07, 6.45) is 6.81. The molecule has 1 N–H and O–H groups in total. The predicted molar refractivity (Wildman–Crippen MR) is 136 cm³/mol. The quantitative estimate of drug-likeness (QED) is 0.497. The van der Waals surface area contributed by atoms with E-state index in [4.69, 9.17) is 19.3 Å². The van der Waals surface area contributed by atoms with Crippen molar-refractivity contribution in [2.24, 2.45) is 0 Å². The summed E-state index contributed by atoms with van der Waals surface area (Å²) in [5.41, 5.74) is 1.60. The second kappa shape index (κ2) is 10.6. The van der Waals surface area contributed by atoms with Crippen LogP contribution in [-0.4, -0.2) is 71.9 Å². The van der Waals surface area contributed by atoms with Crippen LogP contribution in [0.15, 0.2) is 24.5 Å². The molecule has 4 heterocycles. The summed E-state index contributed by atoms with van der Waals surface area (Å²) in [7, 11) is 3.44. The van der Waals surface area contributed by atoms with E-state index in [2.05, 4.69) is 37.9 Å². The maximum Gasteiger partial charge on any atom is 0.250 e. The molecule has 0 bridgehead atoms. The summed E-state index contributed by atoms with van der Waals surface area (Å²) >= 11 is 0. The van der Waals surface area contributed by atoms with Crippen LogP contribution in [-0.2, 0) is 9.47 Å². The number of pyridine rings is 2. The van der Waals surface area contributed by atoms with Gasteiger partial charge in [-0.2, -0.15) is 5.10 Å². The Morgan fingerprint density at radius 3 is 2.47 bits per heavy atom. The van der Waals surface area contributed by atoms with E-state index < -0.39 is 0 Å². The van der Waals surface area contributed by atoms with Gasteiger partial charge in [0.25, 0.3) is 5.88 Å². The molecule has 194 valence electrons. The normalized spacial score (nSPS) is 24.4. The summed E-state index contributed by atoms with van der Waals surface area (Å²) in [6.45, 7) is 6.00. The molecule has 0 amide bonds. The molecular weight excluding hydrogens is 463 g/mol. The van der Waals surface area contributed by atoms with Crippen molar-refractivity contribution in [1.82, 2.24) is 19.7 Å². The number of nitrogens with one attached hydrogen (secondary N) is 1. The van der Waals surface area contributed by atoms with Crippen LogP contribution >= 0.6 is 0 Å². The SMILES string of the molecule is CCNc1cc2c(cn1)c(N1C[C@@H](OC)[C@H](OC)C1)nn2C1CCC(Oc2nccc(C)c2F)CC1. The number of anilines is 2. The van der Waals surface area contributed by atoms with E-state index in [0.29, 0.717) is 18.7 Å². The topological polar surface area (TPSA) is 86.6 Å². The van der Waals surface area contributed by atoms with E-state index in [1.54, 1.807) is 33.4 Å². The molecule has 1 aliphatic heterocycles. The average Bonchev–Trinajstić information content (AvgIpc) is 3.48. The standard InChI is InChI=1S/C26H35FN6O3/c1-5-28-23-12-20-19(13-30-23)25(32-14-21(34-3)22(15-32)35-4)31-33(20)17-6-8-18(9-7-17)36-26-24(27)16(2)10-11-29-26/h10-13,17-18,21-22H,5-9,14-15H2,1-4H3,(H,28,30)/t17?,18?,21-,22-/m1/s1. The first-order valence-corrected chi connectivity index (χ1v) is 12.7. The molecule has 2 atom stereocenters. The summed E-state index contributed by atoms with van der Waals surface area (Å²) in [4.78, 5) is 11.0. The fourth-order valence-electron chi connectivity index (χ4n) is 5.34. The van der Waals surface area contributed by atoms with E-state index in [1.165, 1.54) is 0 Å². The summed E-state index contributed by atoms with van der Waals surface area (Å²) in [6, 6.07) is 3.95. The van der Waals surface area contributed by atoms with Crippen molar-refractivity contribution in [3.05, 3.63) is 35.9 Å². The van der Waals surface area contributed by atoms with Gasteiger partial charge in [0.2, 0.25) is 0 Å². The van der Waals surface area contributed by atoms with E-state index in [9.17, 15) is 4.39 Å². The Morgan fingerprint density at radius 2 is 1.81 bits per heavy atom. The molecule has 0 radical (unpaired) electrons. The first kappa shape index (κ1) is 24.7. The molecule has 3 aromatic heterocycles. The van der Waals surface area contributed by atoms with Gasteiger partial charge in [0.15, 0.2) is 11.6 Å². The van der Waals surface area contributed by atoms with Gasteiger partial charge in [-0.25, -0.2) is 14.4 Å². The number of hydrogen-bond donors (Lipinski definition) is 1. The van der Waals surface area contributed by atoms with E-state index in [1.807, 2.05) is 6.20 Å². The highest BCUT2D eigenvalue weighted by atomic mass is 19.1. The van der Waals surface area contributed by atoms with Crippen molar-refractivity contribution in [1.29, 1.82) is 0 Å². The van der Waals surface area contributed by atoms with Crippen LogP contribution in [0.1, 0.15) is 44.2 Å². The molecule has 2 fully saturated rings. The Labute approximate surface area is 210 Å². The Bertz CT molecular complexity index is 1180. The molecule has 5 rings (SSSR count). The number of aryl methyl sites for hydroxylation is 1. The first-order valence-electron chi connectivity index (χ1n) is 12.7. The van der Waals surface area contributed by atoms with Crippen LogP contribution in [0.2, 0.25) is 0 Å². The van der Waals surface area contributed by atoms with Crippen molar-refractivity contribution >= 4 is 22.5 Å². The van der Waals surface area contributed by atoms with Gasteiger partial charge in [-0.15, -0.1) is 0 Å². The number of ether oxygens (including phenoxy) is 3. The van der Waals surface area contributed by atoms with Crippen LogP contribution in [0, 0.1) is 12.7 Å². The number of methoxy groups -OCH3 is 2. The number of halogens is 1. The van der Waals surface area contributed by atoms with E-state index >= 15 is 0 Å². The highest BCUT2D eigenvalue weighted by molar-refractivity contribution is 5.91. The first-order chi connectivity index (χ1) is 17.5. The van der Waals surface area contributed by atoms with E-state index in [0.717, 1.165) is 54.8 Å². The van der Waals surface area contributed by atoms with E-state index in [-0.39, 0.29) is 36.1 Å². The molecule has 3 aromatic rings. The third-order valence-electron chi connectivity index (χ3n) is 7.37. The lowest BCUT2D eigenvalue weighted by Gasteiger charge is -2.29. The van der Waals surface area contributed by atoms with Gasteiger partial charge in [0, 0.05) is 52.3 Å². The minimum absolute atomic E-state index is 0.00703. The third kappa shape index (κ3) is 4.71. The lowest BCUT2D eigenvalue weighted by Crippen LogP contribution is -2.27.